The Balaban J connectivity index is 1.96. The molecule has 1 aliphatic carbocycles. The average molecular weight is 275 g/mol. The zero-order chi connectivity index (χ0) is 13.2. The lowest BCUT2D eigenvalue weighted by Crippen LogP contribution is -2.14. The second kappa shape index (κ2) is 4.97. The molecule has 1 heterocycles. The first-order valence-corrected chi connectivity index (χ1v) is 6.90. The molecule has 1 aromatic carbocycles. The third kappa shape index (κ3) is 2.19. The van der Waals surface area contributed by atoms with E-state index in [-0.39, 0.29) is 5.91 Å². The number of hydrogen-bond acceptors (Lipinski definition) is 5. The summed E-state index contributed by atoms with van der Waals surface area (Å²) in [5, 5.41) is 8.31. The molecule has 1 aromatic heterocycles. The Labute approximate surface area is 114 Å². The van der Waals surface area contributed by atoms with E-state index in [1.165, 1.54) is 11.1 Å². The molecule has 6 heteroatoms. The third-order valence-electron chi connectivity index (χ3n) is 3.30. The predicted molar refractivity (Wildman–Crippen MR) is 72.9 cm³/mol. The highest BCUT2D eigenvalue weighted by Crippen LogP contribution is 2.36. The van der Waals surface area contributed by atoms with E-state index >= 15 is 0 Å². The molecular weight excluding hydrogens is 262 g/mol. The van der Waals surface area contributed by atoms with Gasteiger partial charge in [0.2, 0.25) is 0 Å². The number of anilines is 1. The van der Waals surface area contributed by atoms with E-state index in [0.29, 0.717) is 11.4 Å². The van der Waals surface area contributed by atoms with Crippen molar-refractivity contribution in [2.45, 2.75) is 19.3 Å². The molecule has 1 aliphatic rings. The molecular formula is C13H13N3O2S. The summed E-state index contributed by atoms with van der Waals surface area (Å²) in [5.74, 6) is 0.449. The molecule has 5 nitrogen and oxygen atoms in total. The Kier molecular flexibility index (Phi) is 3.16. The van der Waals surface area contributed by atoms with Gasteiger partial charge in [-0.2, -0.15) is 0 Å². The summed E-state index contributed by atoms with van der Waals surface area (Å²) in [5.41, 5.74) is 3.57. The fourth-order valence-corrected chi connectivity index (χ4v) is 2.83. The van der Waals surface area contributed by atoms with Crippen molar-refractivity contribution in [1.29, 1.82) is 0 Å². The van der Waals surface area contributed by atoms with Crippen LogP contribution in [0.3, 0.4) is 0 Å². The highest BCUT2D eigenvalue weighted by molar-refractivity contribution is 7.03. The monoisotopic (exact) mass is 275 g/mol. The molecule has 0 unspecified atom stereocenters. The van der Waals surface area contributed by atoms with Gasteiger partial charge in [0, 0.05) is 5.38 Å². The smallest absolute Gasteiger partial charge is 0.277 e. The molecule has 3 rings (SSSR count). The molecule has 19 heavy (non-hydrogen) atoms. The number of ether oxygens (including phenoxy) is 1. The van der Waals surface area contributed by atoms with Gasteiger partial charge in [0.1, 0.15) is 5.75 Å². The lowest BCUT2D eigenvalue weighted by Gasteiger charge is -2.14. The van der Waals surface area contributed by atoms with Crippen LogP contribution >= 0.6 is 11.5 Å². The zero-order valence-electron chi connectivity index (χ0n) is 10.5. The molecule has 0 saturated heterocycles. The van der Waals surface area contributed by atoms with Crippen molar-refractivity contribution >= 4 is 23.1 Å². The molecule has 1 amide bonds. The number of aromatic nitrogens is 2. The summed E-state index contributed by atoms with van der Waals surface area (Å²) >= 11 is 1.16. The summed E-state index contributed by atoms with van der Waals surface area (Å²) in [4.78, 5) is 12.1. The second-order valence-corrected chi connectivity index (χ2v) is 4.99. The maximum absolute atomic E-state index is 12.1. The first-order chi connectivity index (χ1) is 9.29. The number of aryl methyl sites for hydroxylation is 1. The Morgan fingerprint density at radius 2 is 2.32 bits per heavy atom. The Morgan fingerprint density at radius 1 is 1.42 bits per heavy atom. The minimum atomic E-state index is -0.243. The van der Waals surface area contributed by atoms with Gasteiger partial charge in [0.05, 0.1) is 12.8 Å². The molecule has 0 radical (unpaired) electrons. The fourth-order valence-electron chi connectivity index (χ4n) is 2.39. The molecule has 0 bridgehead atoms. The van der Waals surface area contributed by atoms with E-state index in [1.807, 2.05) is 6.07 Å². The molecule has 0 saturated carbocycles. The quantitative estimate of drug-likeness (QED) is 0.933. The second-order valence-electron chi connectivity index (χ2n) is 4.38. The van der Waals surface area contributed by atoms with Gasteiger partial charge in [-0.05, 0) is 48.0 Å². The van der Waals surface area contributed by atoms with Crippen molar-refractivity contribution in [3.8, 4) is 5.75 Å². The maximum atomic E-state index is 12.1. The summed E-state index contributed by atoms with van der Waals surface area (Å²) in [6, 6.07) is 3.97. The normalized spacial score (nSPS) is 13.1. The Morgan fingerprint density at radius 3 is 3.05 bits per heavy atom. The van der Waals surface area contributed by atoms with Crippen LogP contribution in [0.2, 0.25) is 0 Å². The molecule has 98 valence electrons. The number of fused-ring (bicyclic) bond motifs is 1. The van der Waals surface area contributed by atoms with Crippen LogP contribution in [-0.2, 0) is 12.8 Å². The average Bonchev–Trinajstić information content (AvgIpc) is 3.10. The van der Waals surface area contributed by atoms with E-state index in [9.17, 15) is 4.79 Å². The number of benzene rings is 1. The van der Waals surface area contributed by atoms with Crippen LogP contribution in [0.25, 0.3) is 0 Å². The number of hydrogen-bond donors (Lipinski definition) is 1. The maximum Gasteiger partial charge on any atom is 0.277 e. The largest absolute Gasteiger partial charge is 0.495 e. The van der Waals surface area contributed by atoms with Crippen LogP contribution in [0.1, 0.15) is 28.0 Å². The van der Waals surface area contributed by atoms with Crippen molar-refractivity contribution in [3.05, 3.63) is 34.3 Å². The Bertz CT molecular complexity index is 611. The van der Waals surface area contributed by atoms with E-state index in [0.717, 1.165) is 36.5 Å². The lowest BCUT2D eigenvalue weighted by molar-refractivity contribution is 0.102. The van der Waals surface area contributed by atoms with Gasteiger partial charge < -0.3 is 10.1 Å². The van der Waals surface area contributed by atoms with Crippen LogP contribution in [0, 0.1) is 0 Å². The van der Waals surface area contributed by atoms with E-state index in [2.05, 4.69) is 21.0 Å². The van der Waals surface area contributed by atoms with Crippen LogP contribution in [-0.4, -0.2) is 22.6 Å². The van der Waals surface area contributed by atoms with Gasteiger partial charge in [0.25, 0.3) is 5.91 Å². The van der Waals surface area contributed by atoms with Gasteiger partial charge in [-0.3, -0.25) is 4.79 Å². The van der Waals surface area contributed by atoms with E-state index in [1.54, 1.807) is 12.5 Å². The zero-order valence-corrected chi connectivity index (χ0v) is 11.3. The summed E-state index contributed by atoms with van der Waals surface area (Å²) < 4.78 is 9.04. The molecule has 0 aliphatic heterocycles. The Hall–Kier alpha value is -1.95. The molecule has 0 spiro atoms. The van der Waals surface area contributed by atoms with Crippen molar-refractivity contribution < 1.29 is 9.53 Å². The van der Waals surface area contributed by atoms with Gasteiger partial charge in [0.15, 0.2) is 5.69 Å². The van der Waals surface area contributed by atoms with E-state index < -0.39 is 0 Å². The molecule has 2 aromatic rings. The van der Waals surface area contributed by atoms with Crippen molar-refractivity contribution in [3.63, 3.8) is 0 Å². The highest BCUT2D eigenvalue weighted by atomic mass is 32.1. The lowest BCUT2D eigenvalue weighted by atomic mass is 10.1. The summed E-state index contributed by atoms with van der Waals surface area (Å²) in [7, 11) is 1.61. The number of methoxy groups -OCH3 is 1. The number of nitrogens with one attached hydrogen (secondary N) is 1. The SMILES string of the molecule is COc1ccc2c(c1NC(=O)c1csnn1)CCC2. The molecule has 0 atom stereocenters. The third-order valence-corrected chi connectivity index (χ3v) is 3.80. The standard InChI is InChI=1S/C13H13N3O2S/c1-18-11-6-5-8-3-2-4-9(8)12(11)14-13(17)10-7-19-16-15-10/h5-7H,2-4H2,1H3,(H,14,17). The van der Waals surface area contributed by atoms with Crippen LogP contribution in [0.5, 0.6) is 5.75 Å². The van der Waals surface area contributed by atoms with Gasteiger partial charge >= 0.3 is 0 Å². The van der Waals surface area contributed by atoms with Gasteiger partial charge in [-0.25, -0.2) is 0 Å². The molecule has 1 N–H and O–H groups in total. The minimum Gasteiger partial charge on any atom is -0.495 e. The van der Waals surface area contributed by atoms with Crippen LogP contribution in [0.4, 0.5) is 5.69 Å². The summed E-state index contributed by atoms with van der Waals surface area (Å²) in [6.07, 6.45) is 3.14. The summed E-state index contributed by atoms with van der Waals surface area (Å²) in [6.45, 7) is 0. The minimum absolute atomic E-state index is 0.243. The van der Waals surface area contributed by atoms with Crippen LogP contribution in [0.15, 0.2) is 17.5 Å². The van der Waals surface area contributed by atoms with Gasteiger partial charge in [-0.1, -0.05) is 10.6 Å². The van der Waals surface area contributed by atoms with Crippen molar-refractivity contribution in [1.82, 2.24) is 9.59 Å². The van der Waals surface area contributed by atoms with E-state index in [4.69, 9.17) is 4.74 Å². The van der Waals surface area contributed by atoms with Crippen LogP contribution < -0.4 is 10.1 Å². The van der Waals surface area contributed by atoms with Crippen molar-refractivity contribution in [2.24, 2.45) is 0 Å². The number of rotatable bonds is 3. The van der Waals surface area contributed by atoms with Crippen molar-refractivity contribution in [2.75, 3.05) is 12.4 Å². The number of amides is 1. The topological polar surface area (TPSA) is 64.1 Å². The fraction of sp³-hybridized carbons (Fsp3) is 0.308. The number of carbonyl (C=O) groups excluding carboxylic acids is 1. The first kappa shape index (κ1) is 12.1. The molecule has 0 fully saturated rings. The predicted octanol–water partition coefficient (Wildman–Crippen LogP) is 2.29. The van der Waals surface area contributed by atoms with Gasteiger partial charge in [-0.15, -0.1) is 5.10 Å². The first-order valence-electron chi connectivity index (χ1n) is 6.06. The number of carbonyl (C=O) groups is 1. The highest BCUT2D eigenvalue weighted by Gasteiger charge is 2.21. The number of nitrogens with zero attached hydrogens (tertiary/aromatic N) is 2.